The van der Waals surface area contributed by atoms with E-state index in [4.69, 9.17) is 0 Å². The summed E-state index contributed by atoms with van der Waals surface area (Å²) < 4.78 is 41.1. The molecule has 0 aliphatic rings. The van der Waals surface area contributed by atoms with Crippen molar-refractivity contribution in [2.75, 3.05) is 5.32 Å². The van der Waals surface area contributed by atoms with E-state index in [9.17, 15) is 23.1 Å². The molecule has 0 fully saturated rings. The summed E-state index contributed by atoms with van der Waals surface area (Å²) in [7, 11) is 0. The third kappa shape index (κ3) is 3.27. The van der Waals surface area contributed by atoms with Crippen molar-refractivity contribution in [1.29, 1.82) is 0 Å². The first-order chi connectivity index (χ1) is 11.3. The van der Waals surface area contributed by atoms with Gasteiger partial charge in [-0.1, -0.05) is 18.2 Å². The van der Waals surface area contributed by atoms with E-state index < -0.39 is 18.1 Å². The monoisotopic (exact) mass is 336 g/mol. The molecule has 5 nitrogen and oxygen atoms in total. The van der Waals surface area contributed by atoms with Gasteiger partial charge < -0.3 is 15.2 Å². The van der Waals surface area contributed by atoms with Crippen LogP contribution >= 0.6 is 0 Å². The largest absolute Gasteiger partial charge is 0.573 e. The zero-order chi connectivity index (χ0) is 17.3. The summed E-state index contributed by atoms with van der Waals surface area (Å²) in [5.41, 5.74) is 0.760. The quantitative estimate of drug-likeness (QED) is 0.732. The number of amides is 1. The van der Waals surface area contributed by atoms with Gasteiger partial charge in [0.05, 0.1) is 5.52 Å². The number of benzene rings is 2. The molecule has 1 amide bonds. The van der Waals surface area contributed by atoms with E-state index >= 15 is 0 Å². The van der Waals surface area contributed by atoms with E-state index in [-0.39, 0.29) is 11.6 Å². The molecule has 0 atom stereocenters. The molecular weight excluding hydrogens is 325 g/mol. The third-order valence-corrected chi connectivity index (χ3v) is 3.23. The number of nitrogens with zero attached hydrogens (tertiary/aromatic N) is 1. The first-order valence-corrected chi connectivity index (χ1v) is 6.80. The maximum atomic E-state index is 12.3. The number of carbonyl (C=O) groups excluding carboxylic acids is 1. The van der Waals surface area contributed by atoms with Crippen molar-refractivity contribution in [3.8, 4) is 11.6 Å². The normalized spacial score (nSPS) is 11.5. The van der Waals surface area contributed by atoms with E-state index in [1.165, 1.54) is 18.2 Å². The van der Waals surface area contributed by atoms with Crippen molar-refractivity contribution in [2.45, 2.75) is 6.36 Å². The Kier molecular flexibility index (Phi) is 3.80. The summed E-state index contributed by atoms with van der Waals surface area (Å²) in [5, 5.41) is 13.1. The lowest BCUT2D eigenvalue weighted by molar-refractivity contribution is -0.274. The molecule has 0 saturated carbocycles. The van der Waals surface area contributed by atoms with Gasteiger partial charge in [-0.3, -0.25) is 0 Å². The number of aromatic nitrogens is 1. The molecule has 2 N–H and O–H groups in total. The van der Waals surface area contributed by atoms with Crippen molar-refractivity contribution in [2.24, 2.45) is 0 Å². The Balaban J connectivity index is 1.80. The SMILES string of the molecule is O=C(Nc1ccc(OC(F)(F)F)cc1)n1c(O)cc2ccccc21. The lowest BCUT2D eigenvalue weighted by Gasteiger charge is -2.11. The van der Waals surface area contributed by atoms with Crippen molar-refractivity contribution in [3.05, 3.63) is 54.6 Å². The first-order valence-electron chi connectivity index (χ1n) is 6.80. The van der Waals surface area contributed by atoms with Crippen molar-refractivity contribution >= 4 is 22.6 Å². The van der Waals surface area contributed by atoms with Crippen LogP contribution in [0.3, 0.4) is 0 Å². The Morgan fingerprint density at radius 3 is 2.42 bits per heavy atom. The predicted octanol–water partition coefficient (Wildman–Crippen LogP) is 4.33. The highest BCUT2D eigenvalue weighted by Crippen LogP contribution is 2.26. The average Bonchev–Trinajstić information content (AvgIpc) is 2.83. The molecule has 0 aliphatic heterocycles. The number of carbonyl (C=O) groups is 1. The molecule has 124 valence electrons. The zero-order valence-corrected chi connectivity index (χ0v) is 12.0. The van der Waals surface area contributed by atoms with Gasteiger partial charge in [-0.25, -0.2) is 9.36 Å². The number of aromatic hydroxyl groups is 1. The molecule has 0 aliphatic carbocycles. The van der Waals surface area contributed by atoms with Crippen LogP contribution in [0.1, 0.15) is 0 Å². The van der Waals surface area contributed by atoms with E-state index in [1.54, 1.807) is 24.3 Å². The Morgan fingerprint density at radius 2 is 1.75 bits per heavy atom. The number of rotatable bonds is 2. The van der Waals surface area contributed by atoms with Crippen LogP contribution in [0.4, 0.5) is 23.7 Å². The van der Waals surface area contributed by atoms with Gasteiger partial charge in [0.2, 0.25) is 0 Å². The third-order valence-electron chi connectivity index (χ3n) is 3.23. The average molecular weight is 336 g/mol. The molecular formula is C16H11F3N2O3. The highest BCUT2D eigenvalue weighted by Gasteiger charge is 2.31. The van der Waals surface area contributed by atoms with Crippen LogP contribution in [0.25, 0.3) is 10.9 Å². The minimum absolute atomic E-state index is 0.245. The van der Waals surface area contributed by atoms with E-state index in [1.807, 2.05) is 0 Å². The topological polar surface area (TPSA) is 63.5 Å². The Morgan fingerprint density at radius 1 is 1.08 bits per heavy atom. The lowest BCUT2D eigenvalue weighted by Crippen LogP contribution is -2.19. The van der Waals surface area contributed by atoms with Gasteiger partial charge >= 0.3 is 12.4 Å². The molecule has 2 aromatic carbocycles. The van der Waals surface area contributed by atoms with Gasteiger partial charge in [0, 0.05) is 17.1 Å². The number of alkyl halides is 3. The second kappa shape index (κ2) is 5.80. The molecule has 1 heterocycles. The number of nitrogens with one attached hydrogen (secondary N) is 1. The zero-order valence-electron chi connectivity index (χ0n) is 12.0. The fourth-order valence-electron chi connectivity index (χ4n) is 2.27. The van der Waals surface area contributed by atoms with E-state index in [2.05, 4.69) is 10.1 Å². The molecule has 0 spiro atoms. The molecule has 0 radical (unpaired) electrons. The summed E-state index contributed by atoms with van der Waals surface area (Å²) in [6.45, 7) is 0. The standard InChI is InChI=1S/C16H11F3N2O3/c17-16(18,19)24-12-7-5-11(6-8-12)20-15(23)21-13-4-2-1-3-10(13)9-14(21)22/h1-9,22H,(H,20,23). The van der Waals surface area contributed by atoms with Crippen molar-refractivity contribution in [3.63, 3.8) is 0 Å². The highest BCUT2D eigenvalue weighted by molar-refractivity contribution is 6.00. The summed E-state index contributed by atoms with van der Waals surface area (Å²) in [6.07, 6.45) is -4.78. The molecule has 3 rings (SSSR count). The van der Waals surface area contributed by atoms with Crippen LogP contribution in [0.5, 0.6) is 11.6 Å². The van der Waals surface area contributed by atoms with Crippen LogP contribution in [-0.4, -0.2) is 22.1 Å². The second-order valence-electron chi connectivity index (χ2n) is 4.90. The van der Waals surface area contributed by atoms with Crippen LogP contribution in [0.2, 0.25) is 0 Å². The maximum absolute atomic E-state index is 12.3. The smallest absolute Gasteiger partial charge is 0.494 e. The predicted molar refractivity (Wildman–Crippen MR) is 81.1 cm³/mol. The van der Waals surface area contributed by atoms with Gasteiger partial charge in [0.15, 0.2) is 5.88 Å². The highest BCUT2D eigenvalue weighted by atomic mass is 19.4. The maximum Gasteiger partial charge on any atom is 0.573 e. The second-order valence-corrected chi connectivity index (χ2v) is 4.90. The Hall–Kier alpha value is -3.16. The molecule has 24 heavy (non-hydrogen) atoms. The summed E-state index contributed by atoms with van der Waals surface area (Å²) in [5.74, 6) is -0.638. The number of ether oxygens (including phenoxy) is 1. The summed E-state index contributed by atoms with van der Waals surface area (Å²) in [4.78, 5) is 12.3. The molecule has 0 unspecified atom stereocenters. The molecule has 1 aromatic heterocycles. The van der Waals surface area contributed by atoms with Crippen molar-refractivity contribution in [1.82, 2.24) is 4.57 Å². The minimum Gasteiger partial charge on any atom is -0.494 e. The Labute approximate surface area is 133 Å². The van der Waals surface area contributed by atoms with Gasteiger partial charge in [-0.2, -0.15) is 0 Å². The molecule has 3 aromatic rings. The summed E-state index contributed by atoms with van der Waals surface area (Å²) in [6, 6.07) is 12.4. The van der Waals surface area contributed by atoms with Gasteiger partial charge in [0.25, 0.3) is 0 Å². The van der Waals surface area contributed by atoms with Gasteiger partial charge in [-0.05, 0) is 30.3 Å². The molecule has 8 heteroatoms. The van der Waals surface area contributed by atoms with Crippen LogP contribution in [0.15, 0.2) is 54.6 Å². The fraction of sp³-hybridized carbons (Fsp3) is 0.0625. The van der Waals surface area contributed by atoms with Gasteiger partial charge in [-0.15, -0.1) is 13.2 Å². The van der Waals surface area contributed by atoms with Crippen molar-refractivity contribution < 1.29 is 27.8 Å². The number of para-hydroxylation sites is 1. The fourth-order valence-corrected chi connectivity index (χ4v) is 2.27. The number of halogens is 3. The number of anilines is 1. The minimum atomic E-state index is -4.78. The number of fused-ring (bicyclic) bond motifs is 1. The van der Waals surface area contributed by atoms with Gasteiger partial charge in [0.1, 0.15) is 5.75 Å². The summed E-state index contributed by atoms with van der Waals surface area (Å²) >= 11 is 0. The lowest BCUT2D eigenvalue weighted by atomic mass is 10.2. The Bertz CT molecular complexity index is 886. The number of hydrogen-bond acceptors (Lipinski definition) is 3. The molecule has 0 saturated heterocycles. The molecule has 0 bridgehead atoms. The van der Waals surface area contributed by atoms with Crippen LogP contribution in [0, 0.1) is 0 Å². The van der Waals surface area contributed by atoms with Crippen LogP contribution in [-0.2, 0) is 0 Å². The number of hydrogen-bond donors (Lipinski definition) is 2. The van der Waals surface area contributed by atoms with E-state index in [0.717, 1.165) is 16.7 Å². The first kappa shape index (κ1) is 15.7. The van der Waals surface area contributed by atoms with Crippen LogP contribution < -0.4 is 10.1 Å². The van der Waals surface area contributed by atoms with E-state index in [0.29, 0.717) is 10.9 Å².